The maximum absolute atomic E-state index is 6.01. The predicted molar refractivity (Wildman–Crippen MR) is 62.3 cm³/mol. The lowest BCUT2D eigenvalue weighted by atomic mass is 10.3. The highest BCUT2D eigenvalue weighted by atomic mass is 35.5. The van der Waals surface area contributed by atoms with Gasteiger partial charge in [0.15, 0.2) is 0 Å². The van der Waals surface area contributed by atoms with E-state index < -0.39 is 4.33 Å². The molecule has 1 aliphatic carbocycles. The average Bonchev–Trinajstić information content (AvgIpc) is 2.64. The van der Waals surface area contributed by atoms with Crippen LogP contribution < -0.4 is 0 Å². The number of halogens is 2. The van der Waals surface area contributed by atoms with E-state index in [1.165, 1.54) is 0 Å². The van der Waals surface area contributed by atoms with Crippen LogP contribution in [0.2, 0.25) is 0 Å². The molecule has 1 aromatic heterocycles. The van der Waals surface area contributed by atoms with Gasteiger partial charge in [-0.15, -0.1) is 23.2 Å². The molecule has 0 amide bonds. The molecule has 1 aliphatic rings. The molecule has 0 unspecified atom stereocenters. The molecule has 0 spiro atoms. The Balaban J connectivity index is 1.92. The Labute approximate surface area is 97.8 Å². The Kier molecular flexibility index (Phi) is 1.98. The van der Waals surface area contributed by atoms with E-state index in [4.69, 9.17) is 23.2 Å². The van der Waals surface area contributed by atoms with Crippen LogP contribution in [0.25, 0.3) is 11.0 Å². The molecule has 3 rings (SSSR count). The van der Waals surface area contributed by atoms with Gasteiger partial charge in [-0.2, -0.15) is 0 Å². The van der Waals surface area contributed by atoms with Gasteiger partial charge in [0.25, 0.3) is 0 Å². The highest BCUT2D eigenvalue weighted by Gasteiger charge is 2.51. The third kappa shape index (κ3) is 1.62. The van der Waals surface area contributed by atoms with Gasteiger partial charge in [-0.05, 0) is 18.6 Å². The van der Waals surface area contributed by atoms with Crippen LogP contribution in [-0.4, -0.2) is 13.9 Å². The lowest BCUT2D eigenvalue weighted by molar-refractivity contribution is 0.636. The van der Waals surface area contributed by atoms with Gasteiger partial charge in [-0.25, -0.2) is 4.98 Å². The third-order valence-corrected chi connectivity index (χ3v) is 3.83. The van der Waals surface area contributed by atoms with Crippen molar-refractivity contribution < 1.29 is 0 Å². The molecule has 78 valence electrons. The van der Waals surface area contributed by atoms with Gasteiger partial charge >= 0.3 is 0 Å². The topological polar surface area (TPSA) is 17.8 Å². The number of fused-ring (bicyclic) bond motifs is 1. The molecule has 0 saturated heterocycles. The third-order valence-electron chi connectivity index (χ3n) is 2.90. The highest BCUT2D eigenvalue weighted by molar-refractivity contribution is 6.50. The van der Waals surface area contributed by atoms with Crippen molar-refractivity contribution in [2.75, 3.05) is 0 Å². The van der Waals surface area contributed by atoms with Crippen molar-refractivity contribution in [3.63, 3.8) is 0 Å². The smallest absolute Gasteiger partial charge is 0.123 e. The number of alkyl halides is 2. The van der Waals surface area contributed by atoms with Gasteiger partial charge in [-0.1, -0.05) is 12.1 Å². The second kappa shape index (κ2) is 3.13. The van der Waals surface area contributed by atoms with Gasteiger partial charge in [0.1, 0.15) is 4.33 Å². The molecule has 1 heterocycles. The van der Waals surface area contributed by atoms with Gasteiger partial charge in [-0.3, -0.25) is 0 Å². The number of nitrogens with zero attached hydrogens (tertiary/aromatic N) is 2. The van der Waals surface area contributed by atoms with Crippen LogP contribution in [0.3, 0.4) is 0 Å². The largest absolute Gasteiger partial charge is 0.330 e. The molecule has 1 atom stereocenters. The SMILES string of the molecule is ClC1(Cl)C[C@@H]1Cn1cnc2ccccc21. The minimum atomic E-state index is -0.509. The summed E-state index contributed by atoms with van der Waals surface area (Å²) >= 11 is 12.0. The predicted octanol–water partition coefficient (Wildman–Crippen LogP) is 3.23. The zero-order valence-electron chi connectivity index (χ0n) is 8.03. The Hall–Kier alpha value is -0.730. The summed E-state index contributed by atoms with van der Waals surface area (Å²) in [6, 6.07) is 8.08. The van der Waals surface area contributed by atoms with Crippen LogP contribution in [0.5, 0.6) is 0 Å². The Morgan fingerprint density at radius 2 is 2.13 bits per heavy atom. The fourth-order valence-corrected chi connectivity index (χ4v) is 2.37. The van der Waals surface area contributed by atoms with Crippen molar-refractivity contribution in [3.05, 3.63) is 30.6 Å². The minimum absolute atomic E-state index is 0.360. The lowest BCUT2D eigenvalue weighted by Crippen LogP contribution is -2.02. The van der Waals surface area contributed by atoms with E-state index in [2.05, 4.69) is 15.6 Å². The van der Waals surface area contributed by atoms with Crippen LogP contribution in [0.1, 0.15) is 6.42 Å². The number of hydrogen-bond donors (Lipinski definition) is 0. The summed E-state index contributed by atoms with van der Waals surface area (Å²) in [6.45, 7) is 0.855. The first kappa shape index (κ1) is 9.49. The van der Waals surface area contributed by atoms with Crippen molar-refractivity contribution in [3.8, 4) is 0 Å². The molecule has 0 N–H and O–H groups in total. The molecular weight excluding hydrogens is 231 g/mol. The summed E-state index contributed by atoms with van der Waals surface area (Å²) in [5, 5.41) is 0. The fourth-order valence-electron chi connectivity index (χ4n) is 1.86. The first-order valence-corrected chi connectivity index (χ1v) is 5.70. The van der Waals surface area contributed by atoms with Crippen molar-refractivity contribution >= 4 is 34.2 Å². The van der Waals surface area contributed by atoms with E-state index in [9.17, 15) is 0 Å². The van der Waals surface area contributed by atoms with E-state index in [-0.39, 0.29) is 0 Å². The number of benzene rings is 1. The summed E-state index contributed by atoms with van der Waals surface area (Å²) < 4.78 is 1.61. The van der Waals surface area contributed by atoms with E-state index in [1.807, 2.05) is 24.5 Å². The first-order chi connectivity index (χ1) is 7.17. The fraction of sp³-hybridized carbons (Fsp3) is 0.364. The summed E-state index contributed by atoms with van der Waals surface area (Å²) in [5.41, 5.74) is 2.17. The van der Waals surface area contributed by atoms with Gasteiger partial charge in [0.2, 0.25) is 0 Å². The zero-order chi connectivity index (χ0) is 10.5. The Morgan fingerprint density at radius 1 is 1.40 bits per heavy atom. The Bertz CT molecular complexity index is 504. The molecule has 1 fully saturated rings. The maximum Gasteiger partial charge on any atom is 0.123 e. The van der Waals surface area contributed by atoms with Crippen molar-refractivity contribution in [2.24, 2.45) is 5.92 Å². The number of aromatic nitrogens is 2. The van der Waals surface area contributed by atoms with Crippen molar-refractivity contribution in [2.45, 2.75) is 17.3 Å². The molecular formula is C11H10Cl2N2. The second-order valence-corrected chi connectivity index (χ2v) is 5.59. The summed E-state index contributed by atoms with van der Waals surface area (Å²) in [4.78, 5) is 4.32. The average molecular weight is 241 g/mol. The summed E-state index contributed by atoms with van der Waals surface area (Å²) in [5.74, 6) is 0.360. The standard InChI is InChI=1S/C11H10Cl2N2/c12-11(13)5-8(11)6-15-7-14-9-3-1-2-4-10(9)15/h1-4,7-8H,5-6H2/t8-/m1/s1. The molecule has 2 aromatic rings. The summed E-state index contributed by atoms with van der Waals surface area (Å²) in [6.07, 6.45) is 2.73. The zero-order valence-corrected chi connectivity index (χ0v) is 9.54. The molecule has 2 nitrogen and oxygen atoms in total. The van der Waals surface area contributed by atoms with Gasteiger partial charge < -0.3 is 4.57 Å². The molecule has 0 aliphatic heterocycles. The molecule has 1 saturated carbocycles. The lowest BCUT2D eigenvalue weighted by Gasteiger charge is -2.03. The van der Waals surface area contributed by atoms with Crippen LogP contribution >= 0.6 is 23.2 Å². The summed E-state index contributed by atoms with van der Waals surface area (Å²) in [7, 11) is 0. The second-order valence-electron chi connectivity index (χ2n) is 4.05. The quantitative estimate of drug-likeness (QED) is 0.738. The molecule has 1 aromatic carbocycles. The van der Waals surface area contributed by atoms with E-state index >= 15 is 0 Å². The van der Waals surface area contributed by atoms with Gasteiger partial charge in [0, 0.05) is 12.5 Å². The normalized spacial score (nSPS) is 23.2. The van der Waals surface area contributed by atoms with Crippen LogP contribution in [0.15, 0.2) is 30.6 Å². The number of rotatable bonds is 2. The van der Waals surface area contributed by atoms with Crippen molar-refractivity contribution in [1.82, 2.24) is 9.55 Å². The minimum Gasteiger partial charge on any atom is -0.330 e. The number of hydrogen-bond acceptors (Lipinski definition) is 1. The monoisotopic (exact) mass is 240 g/mol. The van der Waals surface area contributed by atoms with Crippen LogP contribution in [0, 0.1) is 5.92 Å². The van der Waals surface area contributed by atoms with E-state index in [1.54, 1.807) is 0 Å². The van der Waals surface area contributed by atoms with E-state index in [0.29, 0.717) is 5.92 Å². The van der Waals surface area contributed by atoms with E-state index in [0.717, 1.165) is 24.0 Å². The van der Waals surface area contributed by atoms with Gasteiger partial charge in [0.05, 0.1) is 17.4 Å². The first-order valence-electron chi connectivity index (χ1n) is 4.94. The maximum atomic E-state index is 6.01. The Morgan fingerprint density at radius 3 is 2.87 bits per heavy atom. The molecule has 0 radical (unpaired) electrons. The molecule has 0 bridgehead atoms. The van der Waals surface area contributed by atoms with Crippen LogP contribution in [-0.2, 0) is 6.54 Å². The van der Waals surface area contributed by atoms with Crippen LogP contribution in [0.4, 0.5) is 0 Å². The van der Waals surface area contributed by atoms with Crippen molar-refractivity contribution in [1.29, 1.82) is 0 Å². The molecule has 4 heteroatoms. The highest BCUT2D eigenvalue weighted by Crippen LogP contribution is 2.54. The molecule has 15 heavy (non-hydrogen) atoms. The number of para-hydroxylation sites is 2. The number of imidazole rings is 1.